The lowest BCUT2D eigenvalue weighted by molar-refractivity contribution is 0.574. The fourth-order valence-electron chi connectivity index (χ4n) is 1.85. The summed E-state index contributed by atoms with van der Waals surface area (Å²) in [4.78, 5) is 1.29. The van der Waals surface area contributed by atoms with E-state index in [1.54, 1.807) is 22.6 Å². The monoisotopic (exact) mass is 273 g/mol. The van der Waals surface area contributed by atoms with Gasteiger partial charge in [0.15, 0.2) is 0 Å². The Hall–Kier alpha value is -1.52. The van der Waals surface area contributed by atoms with Crippen LogP contribution in [-0.2, 0) is 6.54 Å². The maximum atomic E-state index is 4.16. The van der Waals surface area contributed by atoms with Crippen LogP contribution in [0, 0.1) is 0 Å². The minimum atomic E-state index is 0.322. The van der Waals surface area contributed by atoms with Crippen molar-refractivity contribution in [1.82, 2.24) is 15.1 Å². The van der Waals surface area contributed by atoms with Gasteiger partial charge in [0.05, 0.1) is 6.20 Å². The van der Waals surface area contributed by atoms with E-state index in [2.05, 4.69) is 54.4 Å². The number of hydrogen-bond acceptors (Lipinski definition) is 3. The lowest BCUT2D eigenvalue weighted by Gasteiger charge is -2.13. The molecule has 1 unspecified atom stereocenters. The van der Waals surface area contributed by atoms with Crippen LogP contribution in [-0.4, -0.2) is 16.0 Å². The molecule has 1 N–H and O–H groups in total. The number of nitrogens with one attached hydrogen (secondary N) is 1. The average molecular weight is 273 g/mol. The molecule has 0 bridgehead atoms. The quantitative estimate of drug-likeness (QED) is 0.816. The molecule has 0 radical (unpaired) electrons. The summed E-state index contributed by atoms with van der Waals surface area (Å²) in [5, 5.41) is 7.66. The summed E-state index contributed by atoms with van der Waals surface area (Å²) in [7, 11) is 0. The van der Waals surface area contributed by atoms with Gasteiger partial charge in [0.25, 0.3) is 0 Å². The molecule has 0 aliphatic carbocycles. The Kier molecular flexibility index (Phi) is 4.82. The molecule has 1 aromatic heterocycles. The summed E-state index contributed by atoms with van der Waals surface area (Å²) >= 11 is 1.76. The van der Waals surface area contributed by atoms with E-state index in [-0.39, 0.29) is 0 Å². The lowest BCUT2D eigenvalue weighted by atomic mass is 10.1. The van der Waals surface area contributed by atoms with Gasteiger partial charge in [-0.3, -0.25) is 0 Å². The van der Waals surface area contributed by atoms with Crippen molar-refractivity contribution in [3.05, 3.63) is 54.4 Å². The fourth-order valence-corrected chi connectivity index (χ4v) is 2.26. The highest BCUT2D eigenvalue weighted by Crippen LogP contribution is 2.19. The van der Waals surface area contributed by atoms with Crippen molar-refractivity contribution in [3.8, 4) is 0 Å². The molecular formula is C15H19N3S. The van der Waals surface area contributed by atoms with Gasteiger partial charge in [-0.25, -0.2) is 4.68 Å². The topological polar surface area (TPSA) is 29.9 Å². The normalized spacial score (nSPS) is 12.3. The summed E-state index contributed by atoms with van der Waals surface area (Å²) in [5.41, 5.74) is 2.46. The third kappa shape index (κ3) is 3.72. The molecule has 1 heterocycles. The molecule has 3 nitrogen and oxygen atoms in total. The van der Waals surface area contributed by atoms with Gasteiger partial charge in [0.2, 0.25) is 0 Å². The lowest BCUT2D eigenvalue weighted by Crippen LogP contribution is -2.17. The number of hydrogen-bond donors (Lipinski definition) is 1. The van der Waals surface area contributed by atoms with Crippen molar-refractivity contribution in [1.29, 1.82) is 0 Å². The highest BCUT2D eigenvalue weighted by atomic mass is 32.2. The number of nitrogens with zero attached hydrogens (tertiary/aromatic N) is 2. The summed E-state index contributed by atoms with van der Waals surface area (Å²) < 4.78 is 1.72. The zero-order valence-electron chi connectivity index (χ0n) is 11.3. The van der Waals surface area contributed by atoms with Crippen LogP contribution in [0.25, 0.3) is 6.20 Å². The second kappa shape index (κ2) is 6.59. The first-order chi connectivity index (χ1) is 9.22. The second-order valence-electron chi connectivity index (χ2n) is 4.39. The molecule has 1 atom stereocenters. The van der Waals surface area contributed by atoms with Crippen molar-refractivity contribution >= 4 is 18.0 Å². The largest absolute Gasteiger partial charge is 0.306 e. The van der Waals surface area contributed by atoms with E-state index in [4.69, 9.17) is 0 Å². The van der Waals surface area contributed by atoms with E-state index in [0.29, 0.717) is 6.04 Å². The van der Waals surface area contributed by atoms with Gasteiger partial charge in [0.1, 0.15) is 0 Å². The molecule has 2 aromatic rings. The molecule has 0 amide bonds. The molecule has 2 rings (SSSR count). The van der Waals surface area contributed by atoms with Crippen LogP contribution >= 0.6 is 11.8 Å². The molecule has 0 saturated heterocycles. The zero-order valence-corrected chi connectivity index (χ0v) is 12.2. The minimum absolute atomic E-state index is 0.322. The first-order valence-corrected chi connectivity index (χ1v) is 7.48. The van der Waals surface area contributed by atoms with Crippen molar-refractivity contribution in [2.24, 2.45) is 0 Å². The van der Waals surface area contributed by atoms with Crippen molar-refractivity contribution in [2.75, 3.05) is 6.26 Å². The fraction of sp³-hybridized carbons (Fsp3) is 0.267. The molecular weight excluding hydrogens is 254 g/mol. The zero-order chi connectivity index (χ0) is 13.7. The maximum absolute atomic E-state index is 4.16. The first kappa shape index (κ1) is 13.9. The van der Waals surface area contributed by atoms with E-state index in [0.717, 1.165) is 12.1 Å². The van der Waals surface area contributed by atoms with E-state index < -0.39 is 0 Å². The van der Waals surface area contributed by atoms with Crippen LogP contribution < -0.4 is 5.32 Å². The van der Waals surface area contributed by atoms with Gasteiger partial charge >= 0.3 is 0 Å². The highest BCUT2D eigenvalue weighted by molar-refractivity contribution is 7.98. The molecule has 19 heavy (non-hydrogen) atoms. The summed E-state index contributed by atoms with van der Waals surface area (Å²) in [6, 6.07) is 9.00. The summed E-state index contributed by atoms with van der Waals surface area (Å²) in [6.45, 7) is 6.66. The van der Waals surface area contributed by atoms with Crippen LogP contribution in [0.3, 0.4) is 0 Å². The molecule has 4 heteroatoms. The van der Waals surface area contributed by atoms with Crippen molar-refractivity contribution < 1.29 is 0 Å². The van der Waals surface area contributed by atoms with Crippen LogP contribution in [0.2, 0.25) is 0 Å². The van der Waals surface area contributed by atoms with E-state index in [1.165, 1.54) is 10.5 Å². The van der Waals surface area contributed by atoms with Crippen LogP contribution in [0.5, 0.6) is 0 Å². The molecule has 0 aliphatic rings. The van der Waals surface area contributed by atoms with Gasteiger partial charge in [-0.1, -0.05) is 18.7 Å². The van der Waals surface area contributed by atoms with Crippen molar-refractivity contribution in [3.63, 3.8) is 0 Å². The Morgan fingerprint density at radius 2 is 2.16 bits per heavy atom. The predicted octanol–water partition coefficient (Wildman–Crippen LogP) is 3.56. The number of rotatable bonds is 6. The first-order valence-electron chi connectivity index (χ1n) is 6.26. The van der Waals surface area contributed by atoms with Gasteiger partial charge in [-0.2, -0.15) is 5.10 Å². The second-order valence-corrected chi connectivity index (χ2v) is 5.27. The average Bonchev–Trinajstić information content (AvgIpc) is 2.93. The number of benzene rings is 1. The Morgan fingerprint density at radius 3 is 2.74 bits per heavy atom. The van der Waals surface area contributed by atoms with Gasteiger partial charge < -0.3 is 5.32 Å². The van der Waals surface area contributed by atoms with Crippen LogP contribution in [0.15, 0.2) is 48.1 Å². The van der Waals surface area contributed by atoms with E-state index in [1.807, 2.05) is 12.4 Å². The Balaban J connectivity index is 1.92. The summed E-state index contributed by atoms with van der Waals surface area (Å²) in [6.07, 6.45) is 7.61. The highest BCUT2D eigenvalue weighted by Gasteiger charge is 2.05. The minimum Gasteiger partial charge on any atom is -0.306 e. The molecule has 0 saturated carbocycles. The van der Waals surface area contributed by atoms with Gasteiger partial charge in [-0.05, 0) is 30.9 Å². The predicted molar refractivity (Wildman–Crippen MR) is 82.1 cm³/mol. The standard InChI is InChI=1S/C15H19N3S/c1-4-18-11-13(10-17-18)9-16-12(2)14-5-7-15(19-3)8-6-14/h4-8,10-12,16H,1,9H2,2-3H3. The molecule has 0 aliphatic heterocycles. The van der Waals surface area contributed by atoms with Crippen LogP contribution in [0.1, 0.15) is 24.1 Å². The molecule has 0 spiro atoms. The Morgan fingerprint density at radius 1 is 1.42 bits per heavy atom. The smallest absolute Gasteiger partial charge is 0.0538 e. The maximum Gasteiger partial charge on any atom is 0.0538 e. The van der Waals surface area contributed by atoms with Crippen molar-refractivity contribution in [2.45, 2.75) is 24.4 Å². The van der Waals surface area contributed by atoms with E-state index in [9.17, 15) is 0 Å². The van der Waals surface area contributed by atoms with Gasteiger partial charge in [-0.15, -0.1) is 11.8 Å². The molecule has 100 valence electrons. The molecule has 0 fully saturated rings. The third-order valence-corrected chi connectivity index (χ3v) is 3.81. The molecule has 1 aromatic carbocycles. The Bertz CT molecular complexity index is 531. The van der Waals surface area contributed by atoms with E-state index >= 15 is 0 Å². The third-order valence-electron chi connectivity index (χ3n) is 3.07. The number of thioether (sulfide) groups is 1. The van der Waals surface area contributed by atoms with Crippen LogP contribution in [0.4, 0.5) is 0 Å². The van der Waals surface area contributed by atoms with Gasteiger partial charge in [0, 0.05) is 35.4 Å². The SMILES string of the molecule is C=Cn1cc(CNC(C)c2ccc(SC)cc2)cn1. The number of aromatic nitrogens is 2. The summed E-state index contributed by atoms with van der Waals surface area (Å²) in [5.74, 6) is 0. The Labute approximate surface area is 118 Å².